The van der Waals surface area contributed by atoms with E-state index in [1.165, 1.54) is 6.26 Å². The second-order valence-electron chi connectivity index (χ2n) is 4.59. The second-order valence-corrected chi connectivity index (χ2v) is 7.47. The minimum atomic E-state index is -3.36. The number of sulfone groups is 1. The van der Waals surface area contributed by atoms with Gasteiger partial charge in [-0.15, -0.1) is 11.3 Å². The largest absolute Gasteiger partial charge is 0.371 e. The molecule has 0 saturated heterocycles. The highest BCUT2D eigenvalue weighted by atomic mass is 32.2. The summed E-state index contributed by atoms with van der Waals surface area (Å²) in [5.41, 5.74) is 0. The van der Waals surface area contributed by atoms with Crippen LogP contribution in [-0.2, 0) is 9.84 Å². The summed E-state index contributed by atoms with van der Waals surface area (Å²) in [6.07, 6.45) is 3.77. The molecular weight excluding hydrogens is 298 g/mol. The summed E-state index contributed by atoms with van der Waals surface area (Å²) in [4.78, 5) is 4.55. The van der Waals surface area contributed by atoms with E-state index >= 15 is 0 Å². The lowest BCUT2D eigenvalue weighted by molar-refractivity contribution is 0.479. The summed E-state index contributed by atoms with van der Waals surface area (Å²) in [5, 5.41) is 13.3. The summed E-state index contributed by atoms with van der Waals surface area (Å²) in [6.45, 7) is 0.696. The molecule has 0 amide bonds. The highest BCUT2D eigenvalue weighted by Gasteiger charge is 2.32. The van der Waals surface area contributed by atoms with Gasteiger partial charge in [-0.25, -0.2) is 18.1 Å². The number of rotatable bonds is 3. The van der Waals surface area contributed by atoms with Gasteiger partial charge in [0, 0.05) is 31.4 Å². The number of hydrogen-bond acceptors (Lipinski definition) is 7. The first-order chi connectivity index (χ1) is 9.52. The topological polar surface area (TPSA) is 88.9 Å². The van der Waals surface area contributed by atoms with Crippen LogP contribution < -0.4 is 10.6 Å². The van der Waals surface area contributed by atoms with Gasteiger partial charge in [0.15, 0.2) is 20.6 Å². The van der Waals surface area contributed by atoms with Crippen LogP contribution in [0.25, 0.3) is 0 Å². The lowest BCUT2D eigenvalue weighted by Gasteiger charge is -2.24. The Balaban J connectivity index is 2.19. The van der Waals surface area contributed by atoms with Crippen LogP contribution in [0.1, 0.15) is 17.5 Å². The van der Waals surface area contributed by atoms with E-state index in [2.05, 4.69) is 20.7 Å². The number of nitrogens with zero attached hydrogens (tertiary/aromatic N) is 3. The van der Waals surface area contributed by atoms with Crippen molar-refractivity contribution in [1.29, 1.82) is 0 Å². The molecule has 2 aromatic rings. The third-order valence-electron chi connectivity index (χ3n) is 3.22. The van der Waals surface area contributed by atoms with E-state index in [4.69, 9.17) is 0 Å². The Morgan fingerprint density at radius 3 is 2.95 bits per heavy atom. The maximum absolute atomic E-state index is 12.0. The Kier molecular flexibility index (Phi) is 3.17. The number of aromatic nitrogens is 3. The molecule has 1 aliphatic heterocycles. The normalized spacial score (nSPS) is 18.4. The first-order valence-corrected chi connectivity index (χ1v) is 8.93. The Morgan fingerprint density at radius 2 is 2.35 bits per heavy atom. The van der Waals surface area contributed by atoms with Gasteiger partial charge < -0.3 is 10.6 Å². The Labute approximate surface area is 120 Å². The van der Waals surface area contributed by atoms with Crippen LogP contribution in [0.3, 0.4) is 0 Å². The average molecular weight is 313 g/mol. The van der Waals surface area contributed by atoms with Crippen molar-refractivity contribution in [2.45, 2.75) is 17.4 Å². The third kappa shape index (κ3) is 2.06. The number of nitrogens with one attached hydrogen (secondary N) is 2. The van der Waals surface area contributed by atoms with Crippen LogP contribution in [0.2, 0.25) is 0 Å². The molecule has 2 aromatic heterocycles. The number of thiazole rings is 1. The summed E-state index contributed by atoms with van der Waals surface area (Å²) >= 11 is 1.55. The molecule has 0 aromatic carbocycles. The molecule has 0 aliphatic carbocycles. The zero-order valence-electron chi connectivity index (χ0n) is 11.1. The first-order valence-electron chi connectivity index (χ1n) is 6.16. The standard InChI is InChI=1S/C11H15N5O2S2/c1-12-9-8(20(2,17)18)10-13-4-3-7(16(10)15-9)11-14-5-6-19-11/h5-7,13H,3-4H2,1-2H3,(H,12,15). The van der Waals surface area contributed by atoms with E-state index < -0.39 is 9.84 Å². The van der Waals surface area contributed by atoms with E-state index in [9.17, 15) is 8.42 Å². The predicted octanol–water partition coefficient (Wildman–Crippen LogP) is 1.19. The van der Waals surface area contributed by atoms with E-state index in [0.29, 0.717) is 18.2 Å². The molecule has 0 bridgehead atoms. The molecule has 1 aliphatic rings. The van der Waals surface area contributed by atoms with E-state index in [-0.39, 0.29) is 10.9 Å². The Hall–Kier alpha value is -1.61. The van der Waals surface area contributed by atoms with Gasteiger partial charge >= 0.3 is 0 Å². The smallest absolute Gasteiger partial charge is 0.182 e. The molecule has 2 N–H and O–H groups in total. The van der Waals surface area contributed by atoms with Gasteiger partial charge in [-0.2, -0.15) is 5.10 Å². The van der Waals surface area contributed by atoms with Crippen molar-refractivity contribution in [2.24, 2.45) is 0 Å². The van der Waals surface area contributed by atoms with Crippen LogP contribution in [0.5, 0.6) is 0 Å². The molecule has 3 rings (SSSR count). The van der Waals surface area contributed by atoms with Crippen LogP contribution >= 0.6 is 11.3 Å². The van der Waals surface area contributed by atoms with Gasteiger partial charge in [-0.05, 0) is 6.42 Å². The minimum Gasteiger partial charge on any atom is -0.371 e. The van der Waals surface area contributed by atoms with Crippen LogP contribution in [0, 0.1) is 0 Å². The van der Waals surface area contributed by atoms with E-state index in [0.717, 1.165) is 11.4 Å². The fourth-order valence-corrected chi connectivity index (χ4v) is 4.17. The van der Waals surface area contributed by atoms with Crippen molar-refractivity contribution < 1.29 is 8.42 Å². The van der Waals surface area contributed by atoms with Gasteiger partial charge in [0.2, 0.25) is 0 Å². The summed E-state index contributed by atoms with van der Waals surface area (Å²) < 4.78 is 25.7. The van der Waals surface area contributed by atoms with Crippen LogP contribution in [0.4, 0.5) is 11.6 Å². The number of fused-ring (bicyclic) bond motifs is 1. The SMILES string of the molecule is CNc1nn2c(c1S(C)(=O)=O)NCCC2c1nccs1. The van der Waals surface area contributed by atoms with Crippen LogP contribution in [0.15, 0.2) is 16.5 Å². The van der Waals surface area contributed by atoms with Crippen molar-refractivity contribution in [2.75, 3.05) is 30.5 Å². The quantitative estimate of drug-likeness (QED) is 0.885. The zero-order valence-corrected chi connectivity index (χ0v) is 12.8. The van der Waals surface area contributed by atoms with Crippen LogP contribution in [-0.4, -0.2) is 43.0 Å². The molecule has 0 fully saturated rings. The van der Waals surface area contributed by atoms with Gasteiger partial charge in [0.05, 0.1) is 0 Å². The monoisotopic (exact) mass is 313 g/mol. The number of anilines is 2. The molecule has 108 valence electrons. The molecule has 20 heavy (non-hydrogen) atoms. The second kappa shape index (κ2) is 4.74. The van der Waals surface area contributed by atoms with Gasteiger partial charge in [0.25, 0.3) is 0 Å². The molecule has 0 saturated carbocycles. The third-order valence-corrected chi connectivity index (χ3v) is 5.22. The maximum Gasteiger partial charge on any atom is 0.182 e. The lowest BCUT2D eigenvalue weighted by atomic mass is 10.2. The van der Waals surface area contributed by atoms with Crippen molar-refractivity contribution >= 4 is 32.8 Å². The Morgan fingerprint density at radius 1 is 1.55 bits per heavy atom. The van der Waals surface area contributed by atoms with Crippen molar-refractivity contribution in [3.05, 3.63) is 16.6 Å². The highest BCUT2D eigenvalue weighted by molar-refractivity contribution is 7.91. The molecule has 7 nitrogen and oxygen atoms in total. The molecule has 9 heteroatoms. The zero-order chi connectivity index (χ0) is 14.3. The number of hydrogen-bond donors (Lipinski definition) is 2. The minimum absolute atomic E-state index is 0.0196. The fourth-order valence-electron chi connectivity index (χ4n) is 2.40. The highest BCUT2D eigenvalue weighted by Crippen LogP contribution is 2.37. The average Bonchev–Trinajstić information content (AvgIpc) is 3.03. The van der Waals surface area contributed by atoms with Crippen molar-refractivity contribution in [3.8, 4) is 0 Å². The molecule has 0 spiro atoms. The molecular formula is C11H15N5O2S2. The van der Waals surface area contributed by atoms with E-state index in [1.54, 1.807) is 29.3 Å². The van der Waals surface area contributed by atoms with Gasteiger partial charge in [-0.1, -0.05) is 0 Å². The molecule has 1 unspecified atom stereocenters. The van der Waals surface area contributed by atoms with Crippen molar-refractivity contribution in [3.63, 3.8) is 0 Å². The summed E-state index contributed by atoms with van der Waals surface area (Å²) in [6, 6.07) is -0.0196. The molecule has 3 heterocycles. The fraction of sp³-hybridized carbons (Fsp3) is 0.455. The lowest BCUT2D eigenvalue weighted by Crippen LogP contribution is -2.25. The van der Waals surface area contributed by atoms with Gasteiger partial charge in [0.1, 0.15) is 16.9 Å². The maximum atomic E-state index is 12.0. The summed E-state index contributed by atoms with van der Waals surface area (Å²) in [7, 11) is -1.69. The van der Waals surface area contributed by atoms with Gasteiger partial charge in [-0.3, -0.25) is 0 Å². The molecule has 0 radical (unpaired) electrons. The first kappa shape index (κ1) is 13.4. The molecule has 1 atom stereocenters. The van der Waals surface area contributed by atoms with E-state index in [1.807, 2.05) is 5.38 Å². The summed E-state index contributed by atoms with van der Waals surface area (Å²) in [5.74, 6) is 0.918. The van der Waals surface area contributed by atoms with Crippen molar-refractivity contribution in [1.82, 2.24) is 14.8 Å². The Bertz CT molecular complexity index is 720. The predicted molar refractivity (Wildman–Crippen MR) is 78.2 cm³/mol.